The second-order valence-corrected chi connectivity index (χ2v) is 7.36. The molecule has 0 fully saturated rings. The van der Waals surface area contributed by atoms with Gasteiger partial charge in [0.25, 0.3) is 11.8 Å². The molecular weight excluding hydrogens is 362 g/mol. The van der Waals surface area contributed by atoms with Gasteiger partial charge in [0, 0.05) is 16.8 Å². The lowest BCUT2D eigenvalue weighted by Crippen LogP contribution is -3.14. The Morgan fingerprint density at radius 1 is 0.931 bits per heavy atom. The Balaban J connectivity index is 1.58. The van der Waals surface area contributed by atoms with Gasteiger partial charge in [0.1, 0.15) is 0 Å². The van der Waals surface area contributed by atoms with Crippen molar-refractivity contribution in [3.63, 3.8) is 0 Å². The molecule has 0 aliphatic heterocycles. The van der Waals surface area contributed by atoms with E-state index in [2.05, 4.69) is 17.6 Å². The molecule has 0 heterocycles. The average Bonchev–Trinajstić information content (AvgIpc) is 2.73. The zero-order valence-corrected chi connectivity index (χ0v) is 17.2. The minimum Gasteiger partial charge on any atom is -0.321 e. The summed E-state index contributed by atoms with van der Waals surface area (Å²) in [5.41, 5.74) is 2.78. The van der Waals surface area contributed by atoms with Gasteiger partial charge in [-0.25, -0.2) is 0 Å². The summed E-state index contributed by atoms with van der Waals surface area (Å²) < 4.78 is 0. The number of benzene rings is 3. The lowest BCUT2D eigenvalue weighted by atomic mass is 10.1. The molecule has 3 rings (SSSR count). The van der Waals surface area contributed by atoms with E-state index >= 15 is 0 Å². The summed E-state index contributed by atoms with van der Waals surface area (Å²) in [7, 11) is 1.85. The molecule has 150 valence electrons. The van der Waals surface area contributed by atoms with Gasteiger partial charge in [0.05, 0.1) is 7.05 Å². The first-order valence-electron chi connectivity index (χ1n) is 9.97. The van der Waals surface area contributed by atoms with E-state index in [0.717, 1.165) is 33.5 Å². The highest BCUT2D eigenvalue weighted by atomic mass is 16.2. The zero-order chi connectivity index (χ0) is 20.8. The third kappa shape index (κ3) is 5.21. The van der Waals surface area contributed by atoms with Crippen molar-refractivity contribution in [2.75, 3.05) is 24.2 Å². The van der Waals surface area contributed by atoms with Crippen molar-refractivity contribution in [2.45, 2.75) is 26.3 Å². The Morgan fingerprint density at radius 2 is 1.62 bits per heavy atom. The van der Waals surface area contributed by atoms with Gasteiger partial charge in [-0.2, -0.15) is 0 Å². The number of nitrogens with one attached hydrogen (secondary N) is 3. The van der Waals surface area contributed by atoms with Gasteiger partial charge in [-0.05, 0) is 42.5 Å². The highest BCUT2D eigenvalue weighted by molar-refractivity contribution is 6.02. The molecule has 2 amide bonds. The molecule has 0 bridgehead atoms. The van der Waals surface area contributed by atoms with Crippen LogP contribution >= 0.6 is 0 Å². The number of anilines is 2. The molecule has 5 heteroatoms. The predicted molar refractivity (Wildman–Crippen MR) is 118 cm³/mol. The van der Waals surface area contributed by atoms with E-state index in [4.69, 9.17) is 0 Å². The minimum absolute atomic E-state index is 0.107. The molecule has 0 saturated carbocycles. The Hall–Kier alpha value is -3.18. The summed E-state index contributed by atoms with van der Waals surface area (Å²) in [4.78, 5) is 25.9. The van der Waals surface area contributed by atoms with E-state index in [1.165, 1.54) is 5.56 Å². The maximum Gasteiger partial charge on any atom is 0.282 e. The van der Waals surface area contributed by atoms with E-state index in [1.54, 1.807) is 0 Å². The van der Waals surface area contributed by atoms with Crippen LogP contribution in [0, 0.1) is 0 Å². The highest BCUT2D eigenvalue weighted by Gasteiger charge is 2.24. The Kier molecular flexibility index (Phi) is 6.62. The molecule has 1 unspecified atom stereocenters. The van der Waals surface area contributed by atoms with Crippen LogP contribution in [-0.2, 0) is 16.0 Å². The number of carbonyl (C=O) groups excluding carboxylic acids is 2. The number of aryl methyl sites for hydroxylation is 1. The van der Waals surface area contributed by atoms with Gasteiger partial charge in [-0.1, -0.05) is 55.5 Å². The molecule has 0 aromatic heterocycles. The zero-order valence-electron chi connectivity index (χ0n) is 17.2. The standard InChI is InChI=1S/C24H27N3O2/c1-4-18-12-14-20(15-13-18)25-24(29)17(2)27(3)16-23(28)26-22-11-7-9-19-8-5-6-10-21(19)22/h5-15,17H,4,16H2,1-3H3,(H,25,29)(H,26,28)/p+1/t17-/m0/s1. The number of rotatable bonds is 7. The molecule has 5 nitrogen and oxygen atoms in total. The monoisotopic (exact) mass is 390 g/mol. The van der Waals surface area contributed by atoms with Crippen LogP contribution in [0.15, 0.2) is 66.7 Å². The number of fused-ring (bicyclic) bond motifs is 1. The van der Waals surface area contributed by atoms with Crippen molar-refractivity contribution in [1.82, 2.24) is 0 Å². The second kappa shape index (κ2) is 9.34. The number of carbonyl (C=O) groups is 2. The molecule has 0 aliphatic carbocycles. The van der Waals surface area contributed by atoms with E-state index in [-0.39, 0.29) is 24.4 Å². The molecule has 3 N–H and O–H groups in total. The lowest BCUT2D eigenvalue weighted by Gasteiger charge is -2.21. The van der Waals surface area contributed by atoms with Gasteiger partial charge in [0.2, 0.25) is 0 Å². The normalized spacial score (nSPS) is 12.9. The predicted octanol–water partition coefficient (Wildman–Crippen LogP) is 2.88. The van der Waals surface area contributed by atoms with Crippen molar-refractivity contribution in [3.8, 4) is 0 Å². The van der Waals surface area contributed by atoms with Gasteiger partial charge < -0.3 is 15.5 Å². The van der Waals surface area contributed by atoms with Gasteiger partial charge in [-0.3, -0.25) is 9.59 Å². The summed E-state index contributed by atoms with van der Waals surface area (Å²) in [6.45, 7) is 4.13. The number of quaternary nitrogens is 1. The third-order valence-electron chi connectivity index (χ3n) is 5.27. The van der Waals surface area contributed by atoms with Gasteiger partial charge in [-0.15, -0.1) is 0 Å². The smallest absolute Gasteiger partial charge is 0.282 e. The quantitative estimate of drug-likeness (QED) is 0.581. The van der Waals surface area contributed by atoms with Crippen molar-refractivity contribution in [2.24, 2.45) is 0 Å². The third-order valence-corrected chi connectivity index (χ3v) is 5.27. The second-order valence-electron chi connectivity index (χ2n) is 7.36. The molecule has 0 aliphatic rings. The fraction of sp³-hybridized carbons (Fsp3) is 0.250. The fourth-order valence-corrected chi connectivity index (χ4v) is 3.23. The molecule has 3 aromatic rings. The summed E-state index contributed by atoms with van der Waals surface area (Å²) in [5, 5.41) is 7.99. The minimum atomic E-state index is -0.362. The first-order valence-corrected chi connectivity index (χ1v) is 9.97. The van der Waals surface area contributed by atoms with E-state index in [1.807, 2.05) is 80.7 Å². The SMILES string of the molecule is CCc1ccc(NC(=O)[C@H](C)[NH+](C)CC(=O)Nc2cccc3ccccc23)cc1. The van der Waals surface area contributed by atoms with Crippen LogP contribution in [0.1, 0.15) is 19.4 Å². The summed E-state index contributed by atoms with van der Waals surface area (Å²) in [6, 6.07) is 21.2. The van der Waals surface area contributed by atoms with Crippen LogP contribution in [0.2, 0.25) is 0 Å². The summed E-state index contributed by atoms with van der Waals surface area (Å²) in [5.74, 6) is -0.226. The fourth-order valence-electron chi connectivity index (χ4n) is 3.23. The molecule has 3 aromatic carbocycles. The van der Waals surface area contributed by atoms with Crippen LogP contribution in [-0.4, -0.2) is 31.4 Å². The van der Waals surface area contributed by atoms with Crippen LogP contribution in [0.4, 0.5) is 11.4 Å². The molecule has 0 spiro atoms. The lowest BCUT2D eigenvalue weighted by molar-refractivity contribution is -0.885. The molecule has 29 heavy (non-hydrogen) atoms. The first-order chi connectivity index (χ1) is 14.0. The Bertz CT molecular complexity index is 993. The average molecular weight is 391 g/mol. The largest absolute Gasteiger partial charge is 0.321 e. The van der Waals surface area contributed by atoms with Crippen LogP contribution in [0.5, 0.6) is 0 Å². The van der Waals surface area contributed by atoms with Crippen LogP contribution in [0.25, 0.3) is 10.8 Å². The summed E-state index contributed by atoms with van der Waals surface area (Å²) >= 11 is 0. The molecular formula is C24H28N3O2+. The maximum atomic E-state index is 12.6. The number of hydrogen-bond donors (Lipinski definition) is 3. The van der Waals surface area contributed by atoms with Crippen molar-refractivity contribution in [1.29, 1.82) is 0 Å². The van der Waals surface area contributed by atoms with Gasteiger partial charge in [0.15, 0.2) is 12.6 Å². The summed E-state index contributed by atoms with van der Waals surface area (Å²) in [6.07, 6.45) is 0.962. The van der Waals surface area contributed by atoms with Crippen molar-refractivity contribution >= 4 is 34.0 Å². The maximum absolute atomic E-state index is 12.6. The molecule has 0 radical (unpaired) electrons. The topological polar surface area (TPSA) is 62.6 Å². The van der Waals surface area contributed by atoms with Crippen LogP contribution in [0.3, 0.4) is 0 Å². The van der Waals surface area contributed by atoms with Gasteiger partial charge >= 0.3 is 0 Å². The molecule has 0 saturated heterocycles. The first kappa shape index (κ1) is 20.6. The Labute approximate surface area is 171 Å². The van der Waals surface area contributed by atoms with Crippen LogP contribution < -0.4 is 15.5 Å². The van der Waals surface area contributed by atoms with Crippen molar-refractivity contribution in [3.05, 3.63) is 72.3 Å². The van der Waals surface area contributed by atoms with E-state index < -0.39 is 0 Å². The number of likely N-dealkylation sites (N-methyl/N-ethyl adjacent to an activating group) is 1. The number of amides is 2. The number of hydrogen-bond acceptors (Lipinski definition) is 2. The van der Waals surface area contributed by atoms with E-state index in [9.17, 15) is 9.59 Å². The van der Waals surface area contributed by atoms with Crippen molar-refractivity contribution < 1.29 is 14.5 Å². The van der Waals surface area contributed by atoms with E-state index in [0.29, 0.717) is 0 Å². The Morgan fingerprint density at radius 3 is 2.34 bits per heavy atom. The molecule has 2 atom stereocenters. The highest BCUT2D eigenvalue weighted by Crippen LogP contribution is 2.22.